The zero-order chi connectivity index (χ0) is 64.6. The third kappa shape index (κ3) is 20.8. The molecular formula is C86H67Ir3N5O2-6. The fourth-order valence-corrected chi connectivity index (χ4v) is 10.4. The van der Waals surface area contributed by atoms with Gasteiger partial charge in [-0.25, -0.2) is 5.56 Å². The molecule has 0 atom stereocenters. The molecule has 15 aromatic rings. The molecule has 96 heavy (non-hydrogen) atoms. The second kappa shape index (κ2) is 37.8. The predicted molar refractivity (Wildman–Crippen MR) is 382 cm³/mol. The Bertz CT molecular complexity index is 4640. The van der Waals surface area contributed by atoms with Gasteiger partial charge in [-0.05, 0) is 90.7 Å². The number of carbonyl (C=O) groups is 1. The molecule has 1 N–H and O–H groups in total. The number of allylic oxidation sites excluding steroid dienone is 2. The van der Waals surface area contributed by atoms with Crippen LogP contribution in [0.2, 0.25) is 0 Å². The van der Waals surface area contributed by atoms with Crippen LogP contribution in [0.1, 0.15) is 30.5 Å². The number of benzene rings is 10. The van der Waals surface area contributed by atoms with Crippen molar-refractivity contribution in [2.24, 2.45) is 0 Å². The van der Waals surface area contributed by atoms with E-state index >= 15 is 0 Å². The SMILES string of the molecule is CC(=O)C=C(C)O.Cc1[c-]c(-c2[c-]c3ccccc3cc2)cc(C)c1.Cc1cc(-c2[c-]cccc2)ncc1-c1ccccc1.[Ir].[Ir].[Ir].[c-]1ccc(-n2c3ccccc3c3ccccc32)cc1-c1ccccn1.[c-]1ccccc1-c1ccccn1.[c-]1ccccc1-c1ccccn1. The normalized spacial score (nSPS) is 10.2. The van der Waals surface area contributed by atoms with Crippen molar-refractivity contribution in [2.75, 3.05) is 0 Å². The molecule has 10 aromatic carbocycles. The van der Waals surface area contributed by atoms with Crippen LogP contribution >= 0.6 is 0 Å². The number of aromatic nitrogens is 5. The van der Waals surface area contributed by atoms with E-state index < -0.39 is 0 Å². The summed E-state index contributed by atoms with van der Waals surface area (Å²) in [5.41, 5.74) is 19.8. The van der Waals surface area contributed by atoms with E-state index in [1.165, 1.54) is 74.9 Å². The van der Waals surface area contributed by atoms with Gasteiger partial charge < -0.3 is 29.6 Å². The van der Waals surface area contributed by atoms with Gasteiger partial charge >= 0.3 is 0 Å². The monoisotopic (exact) mass is 1780 g/mol. The van der Waals surface area contributed by atoms with Crippen molar-refractivity contribution in [3.05, 3.63) is 369 Å². The number of carbonyl (C=O) groups excluding carboxylic acids is 1. The van der Waals surface area contributed by atoms with Crippen LogP contribution < -0.4 is 0 Å². The van der Waals surface area contributed by atoms with E-state index in [0.29, 0.717) is 0 Å². The van der Waals surface area contributed by atoms with E-state index in [4.69, 9.17) is 5.11 Å². The summed E-state index contributed by atoms with van der Waals surface area (Å²) in [5, 5.41) is 13.3. The van der Waals surface area contributed by atoms with E-state index in [0.717, 1.165) is 67.2 Å². The summed E-state index contributed by atoms with van der Waals surface area (Å²) < 4.78 is 2.31. The van der Waals surface area contributed by atoms with Gasteiger partial charge in [0, 0.05) is 108 Å². The first-order chi connectivity index (χ1) is 45.5. The van der Waals surface area contributed by atoms with Gasteiger partial charge in [-0.1, -0.05) is 147 Å². The molecule has 0 aliphatic heterocycles. The first-order valence-corrected chi connectivity index (χ1v) is 30.5. The summed E-state index contributed by atoms with van der Waals surface area (Å²) in [7, 11) is 0. The molecular weight excluding hydrogens is 1710 g/mol. The van der Waals surface area contributed by atoms with Gasteiger partial charge in [-0.15, -0.1) is 172 Å². The Morgan fingerprint density at radius 3 is 1.40 bits per heavy atom. The first-order valence-electron chi connectivity index (χ1n) is 30.5. The third-order valence-electron chi connectivity index (χ3n) is 14.6. The minimum Gasteiger partial charge on any atom is -0.512 e. The zero-order valence-corrected chi connectivity index (χ0v) is 60.7. The molecule has 0 saturated heterocycles. The van der Waals surface area contributed by atoms with Crippen LogP contribution in [0.3, 0.4) is 0 Å². The number of hydrogen-bond donors (Lipinski definition) is 1. The summed E-state index contributed by atoms with van der Waals surface area (Å²) in [6, 6.07) is 114. The molecule has 0 fully saturated rings. The van der Waals surface area contributed by atoms with Gasteiger partial charge in [-0.2, -0.15) is 29.8 Å². The summed E-state index contributed by atoms with van der Waals surface area (Å²) in [6.45, 7) is 9.17. The number of aliphatic hydroxyl groups is 1. The van der Waals surface area contributed by atoms with Gasteiger partial charge in [-0.3, -0.25) is 4.79 Å². The molecule has 0 spiro atoms. The van der Waals surface area contributed by atoms with E-state index in [-0.39, 0.29) is 71.9 Å². The van der Waals surface area contributed by atoms with Crippen LogP contribution in [-0.2, 0) is 65.1 Å². The number of rotatable bonds is 8. The fraction of sp³-hybridized carbons (Fsp3) is 0.0581. The van der Waals surface area contributed by atoms with Crippen molar-refractivity contribution < 1.29 is 70.2 Å². The summed E-state index contributed by atoms with van der Waals surface area (Å²) in [5.74, 6) is -0.0625. The van der Waals surface area contributed by atoms with E-state index in [2.05, 4.69) is 203 Å². The fourth-order valence-electron chi connectivity index (χ4n) is 10.4. The maximum Gasteiger partial charge on any atom is 0.155 e. The molecule has 5 heterocycles. The van der Waals surface area contributed by atoms with Crippen LogP contribution in [-0.4, -0.2) is 35.4 Å². The number of para-hydroxylation sites is 2. The second-order valence-corrected chi connectivity index (χ2v) is 21.7. The molecule has 10 heteroatoms. The average Bonchev–Trinajstić information content (AvgIpc) is 1.60. The largest absolute Gasteiger partial charge is 0.512 e. The molecule has 7 nitrogen and oxygen atoms in total. The average molecular weight is 1780 g/mol. The summed E-state index contributed by atoms with van der Waals surface area (Å²) in [6.07, 6.45) is 8.50. The molecule has 3 radical (unpaired) electrons. The minimum atomic E-state index is -0.125. The Morgan fingerprint density at radius 2 is 0.906 bits per heavy atom. The van der Waals surface area contributed by atoms with Crippen molar-refractivity contribution >= 4 is 38.4 Å². The Balaban J connectivity index is 0.000000168. The van der Waals surface area contributed by atoms with Crippen molar-refractivity contribution in [3.63, 3.8) is 0 Å². The molecule has 0 bridgehead atoms. The minimum absolute atomic E-state index is 0. The van der Waals surface area contributed by atoms with Gasteiger partial charge in [0.2, 0.25) is 0 Å². The smallest absolute Gasteiger partial charge is 0.155 e. The zero-order valence-electron chi connectivity index (χ0n) is 53.5. The van der Waals surface area contributed by atoms with Gasteiger partial charge in [0.05, 0.1) is 16.8 Å². The molecule has 0 aliphatic carbocycles. The van der Waals surface area contributed by atoms with E-state index in [1.807, 2.05) is 170 Å². The van der Waals surface area contributed by atoms with Crippen LogP contribution in [0.5, 0.6) is 0 Å². The summed E-state index contributed by atoms with van der Waals surface area (Å²) in [4.78, 5) is 27.5. The maximum absolute atomic E-state index is 10.0. The molecule has 0 unspecified atom stereocenters. The van der Waals surface area contributed by atoms with Crippen molar-refractivity contribution in [1.29, 1.82) is 0 Å². The van der Waals surface area contributed by atoms with Crippen LogP contribution in [0.15, 0.2) is 316 Å². The number of ketones is 1. The predicted octanol–water partition coefficient (Wildman–Crippen LogP) is 21.0. The molecule has 5 aromatic heterocycles. The van der Waals surface area contributed by atoms with Crippen molar-refractivity contribution in [1.82, 2.24) is 24.5 Å². The topological polar surface area (TPSA) is 93.8 Å². The Kier molecular flexibility index (Phi) is 28.9. The number of aliphatic hydroxyl groups excluding tert-OH is 1. The number of hydrogen-bond acceptors (Lipinski definition) is 6. The van der Waals surface area contributed by atoms with Crippen molar-refractivity contribution in [3.8, 4) is 73.0 Å². The molecule has 0 aliphatic rings. The molecule has 481 valence electrons. The van der Waals surface area contributed by atoms with E-state index in [1.54, 1.807) is 12.4 Å². The number of aryl methyl sites for hydroxylation is 3. The van der Waals surface area contributed by atoms with Crippen molar-refractivity contribution in [2.45, 2.75) is 34.6 Å². The molecule has 0 saturated carbocycles. The van der Waals surface area contributed by atoms with E-state index in [9.17, 15) is 4.79 Å². The van der Waals surface area contributed by atoms with Gasteiger partial charge in [0.25, 0.3) is 0 Å². The second-order valence-electron chi connectivity index (χ2n) is 21.7. The molecule has 15 rings (SSSR count). The number of pyridine rings is 4. The van der Waals surface area contributed by atoms with Crippen LogP contribution in [0, 0.1) is 57.2 Å². The standard InChI is InChI=1S/C23H15N2.C18H14N.C18H14.2C11H8N.C5H8O2.3Ir/c1-3-13-22-19(10-1)20-11-2-4-14-23(20)25(22)18-9-7-8-17(16-18)21-12-5-6-15-24-21;1-14-12-18(16-10-6-3-7-11-16)19-13-17(14)15-8-4-2-5-9-15;1-13-9-14(2)11-18(10-13)17-8-7-15-5-3-4-6-16(15)12-17;2*1-2-6-10(7-3-1)11-8-4-5-9-12-11;1-4(6)3-5(2)7;;;/h1-7,9-16H;2-10,12-13H,1H3;3-10H,1-2H3;2*1-6,8-9H;3,6H,1-2H3;;;/q2*-1;-2;2*-1;;;;. The molecule has 0 amide bonds. The van der Waals surface area contributed by atoms with Crippen LogP contribution in [0.4, 0.5) is 0 Å². The van der Waals surface area contributed by atoms with Gasteiger partial charge in [0.1, 0.15) is 0 Å². The van der Waals surface area contributed by atoms with Crippen LogP contribution in [0.25, 0.3) is 106 Å². The third-order valence-corrected chi connectivity index (χ3v) is 14.6. The van der Waals surface area contributed by atoms with Gasteiger partial charge in [0.15, 0.2) is 5.78 Å². The first kappa shape index (κ1) is 73.4. The summed E-state index contributed by atoms with van der Waals surface area (Å²) >= 11 is 0. The Hall–Kier alpha value is -9.98. The Morgan fingerprint density at radius 1 is 0.417 bits per heavy atom. The Labute approximate surface area is 604 Å². The number of nitrogens with zero attached hydrogens (tertiary/aromatic N) is 5. The maximum atomic E-state index is 10.0. The number of fused-ring (bicyclic) bond motifs is 4. The quantitative estimate of drug-likeness (QED) is 0.0925.